The van der Waals surface area contributed by atoms with Gasteiger partial charge in [0.15, 0.2) is 0 Å². The number of benzene rings is 1. The molecule has 0 amide bonds. The predicted octanol–water partition coefficient (Wildman–Crippen LogP) is 2.41. The Balaban J connectivity index is 2.40. The summed E-state index contributed by atoms with van der Waals surface area (Å²) in [5.41, 5.74) is 9.61. The van der Waals surface area contributed by atoms with Crippen LogP contribution in [0.4, 0.5) is 5.69 Å². The summed E-state index contributed by atoms with van der Waals surface area (Å²) in [7, 11) is 0. The predicted molar refractivity (Wildman–Crippen MR) is 63.2 cm³/mol. The zero-order valence-electron chi connectivity index (χ0n) is 8.39. The maximum absolute atomic E-state index is 5.96. The van der Waals surface area contributed by atoms with Gasteiger partial charge in [-0.05, 0) is 36.2 Å². The molecule has 0 aromatic heterocycles. The highest BCUT2D eigenvalue weighted by atomic mass is 79.9. The van der Waals surface area contributed by atoms with Crippen LogP contribution in [0.5, 0.6) is 0 Å². The topological polar surface area (TPSA) is 29.3 Å². The van der Waals surface area contributed by atoms with E-state index in [1.165, 1.54) is 15.6 Å². The van der Waals surface area contributed by atoms with Gasteiger partial charge < -0.3 is 5.73 Å². The Kier molecular flexibility index (Phi) is 2.79. The average Bonchev–Trinajstić information content (AvgIpc) is 2.23. The van der Waals surface area contributed by atoms with Crippen molar-refractivity contribution in [2.75, 3.05) is 18.8 Å². The third-order valence-corrected chi connectivity index (χ3v) is 3.66. The van der Waals surface area contributed by atoms with Crippen molar-refractivity contribution < 1.29 is 0 Å². The molecule has 1 aromatic carbocycles. The van der Waals surface area contributed by atoms with Gasteiger partial charge in [-0.2, -0.15) is 0 Å². The molecule has 1 heterocycles. The molecule has 0 saturated heterocycles. The lowest BCUT2D eigenvalue weighted by Gasteiger charge is -2.29. The molecule has 0 saturated carbocycles. The fourth-order valence-corrected chi connectivity index (χ4v) is 2.49. The highest BCUT2D eigenvalue weighted by Crippen LogP contribution is 2.30. The van der Waals surface area contributed by atoms with Crippen molar-refractivity contribution in [2.45, 2.75) is 19.9 Å². The molecule has 1 aliphatic heterocycles. The molecule has 3 heteroatoms. The van der Waals surface area contributed by atoms with Crippen LogP contribution in [0.15, 0.2) is 16.6 Å². The third kappa shape index (κ3) is 1.66. The molecular weight excluding hydrogens is 240 g/mol. The summed E-state index contributed by atoms with van der Waals surface area (Å²) in [5, 5.41) is 0. The Hall–Kier alpha value is -0.540. The molecule has 0 aliphatic carbocycles. The van der Waals surface area contributed by atoms with Crippen molar-refractivity contribution in [3.63, 3.8) is 0 Å². The lowest BCUT2D eigenvalue weighted by atomic mass is 9.98. The second-order valence-electron chi connectivity index (χ2n) is 3.71. The number of hydrogen-bond acceptors (Lipinski definition) is 2. The minimum Gasteiger partial charge on any atom is -0.398 e. The van der Waals surface area contributed by atoms with E-state index >= 15 is 0 Å². The Labute approximate surface area is 93.2 Å². The second-order valence-corrected chi connectivity index (χ2v) is 4.57. The highest BCUT2D eigenvalue weighted by Gasteiger charge is 2.18. The average molecular weight is 255 g/mol. The molecule has 0 spiro atoms. The molecule has 0 unspecified atom stereocenters. The number of anilines is 1. The summed E-state index contributed by atoms with van der Waals surface area (Å²) < 4.78 is 1.19. The van der Waals surface area contributed by atoms with Crippen LogP contribution in [0.25, 0.3) is 0 Å². The van der Waals surface area contributed by atoms with Crippen LogP contribution in [0.2, 0.25) is 0 Å². The van der Waals surface area contributed by atoms with Gasteiger partial charge in [0, 0.05) is 23.2 Å². The van der Waals surface area contributed by atoms with Gasteiger partial charge in [-0.15, -0.1) is 0 Å². The van der Waals surface area contributed by atoms with E-state index in [1.54, 1.807) is 0 Å². The van der Waals surface area contributed by atoms with E-state index in [2.05, 4.69) is 27.8 Å². The fourth-order valence-electron chi connectivity index (χ4n) is 1.99. The fraction of sp³-hybridized carbons (Fsp3) is 0.455. The number of nitrogens with zero attached hydrogens (tertiary/aromatic N) is 1. The van der Waals surface area contributed by atoms with Gasteiger partial charge in [0.25, 0.3) is 0 Å². The molecule has 0 atom stereocenters. The first kappa shape index (κ1) is 9.99. The van der Waals surface area contributed by atoms with Crippen molar-refractivity contribution >= 4 is 21.6 Å². The van der Waals surface area contributed by atoms with Crippen LogP contribution in [-0.2, 0) is 13.0 Å². The maximum Gasteiger partial charge on any atom is 0.0351 e. The van der Waals surface area contributed by atoms with Gasteiger partial charge >= 0.3 is 0 Å². The molecule has 2 rings (SSSR count). The van der Waals surface area contributed by atoms with Gasteiger partial charge in [0.05, 0.1) is 0 Å². The smallest absolute Gasteiger partial charge is 0.0351 e. The second kappa shape index (κ2) is 3.91. The number of fused-ring (bicyclic) bond motifs is 1. The Morgan fingerprint density at radius 3 is 2.93 bits per heavy atom. The summed E-state index contributed by atoms with van der Waals surface area (Å²) in [6, 6.07) is 4.04. The van der Waals surface area contributed by atoms with E-state index in [4.69, 9.17) is 5.73 Å². The number of nitrogen functional groups attached to an aromatic ring is 1. The van der Waals surface area contributed by atoms with Crippen LogP contribution in [0.3, 0.4) is 0 Å². The largest absolute Gasteiger partial charge is 0.398 e. The molecule has 2 N–H and O–H groups in total. The molecular formula is C11H15BrN2. The summed E-state index contributed by atoms with van der Waals surface area (Å²) in [6.07, 6.45) is 1.08. The van der Waals surface area contributed by atoms with E-state index in [1.807, 2.05) is 12.1 Å². The van der Waals surface area contributed by atoms with Crippen LogP contribution in [0, 0.1) is 0 Å². The highest BCUT2D eigenvalue weighted by molar-refractivity contribution is 9.10. The SMILES string of the molecule is CCN1CCc2c(N)ccc(Br)c2C1. The lowest BCUT2D eigenvalue weighted by Crippen LogP contribution is -2.30. The number of hydrogen-bond donors (Lipinski definition) is 1. The van der Waals surface area contributed by atoms with Crippen molar-refractivity contribution in [3.05, 3.63) is 27.7 Å². The molecule has 1 aromatic rings. The third-order valence-electron chi connectivity index (χ3n) is 2.92. The van der Waals surface area contributed by atoms with Crippen LogP contribution in [0.1, 0.15) is 18.1 Å². The van der Waals surface area contributed by atoms with Crippen molar-refractivity contribution in [3.8, 4) is 0 Å². The Morgan fingerprint density at radius 1 is 1.43 bits per heavy atom. The standard InChI is InChI=1S/C11H15BrN2/c1-2-14-6-5-8-9(7-14)10(12)3-4-11(8)13/h3-4H,2,5-7,13H2,1H3. The Morgan fingerprint density at radius 2 is 2.21 bits per heavy atom. The molecule has 2 nitrogen and oxygen atoms in total. The number of nitrogens with two attached hydrogens (primary N) is 1. The lowest BCUT2D eigenvalue weighted by molar-refractivity contribution is 0.268. The van der Waals surface area contributed by atoms with Crippen LogP contribution >= 0.6 is 15.9 Å². The maximum atomic E-state index is 5.96. The first-order chi connectivity index (χ1) is 6.72. The van der Waals surface area contributed by atoms with E-state index in [9.17, 15) is 0 Å². The summed E-state index contributed by atoms with van der Waals surface area (Å²) in [6.45, 7) is 5.47. The van der Waals surface area contributed by atoms with Crippen LogP contribution in [-0.4, -0.2) is 18.0 Å². The van der Waals surface area contributed by atoms with E-state index in [0.717, 1.165) is 31.7 Å². The van der Waals surface area contributed by atoms with E-state index < -0.39 is 0 Å². The zero-order valence-corrected chi connectivity index (χ0v) is 9.97. The first-order valence-electron chi connectivity index (χ1n) is 5.00. The molecule has 14 heavy (non-hydrogen) atoms. The van der Waals surface area contributed by atoms with Crippen molar-refractivity contribution in [2.24, 2.45) is 0 Å². The van der Waals surface area contributed by atoms with Crippen molar-refractivity contribution in [1.29, 1.82) is 0 Å². The number of rotatable bonds is 1. The molecule has 0 radical (unpaired) electrons. The monoisotopic (exact) mass is 254 g/mol. The summed E-state index contributed by atoms with van der Waals surface area (Å²) in [4.78, 5) is 2.44. The first-order valence-corrected chi connectivity index (χ1v) is 5.79. The summed E-state index contributed by atoms with van der Waals surface area (Å²) >= 11 is 3.59. The van der Waals surface area contributed by atoms with Gasteiger partial charge in [-0.1, -0.05) is 22.9 Å². The number of likely N-dealkylation sites (N-methyl/N-ethyl adjacent to an activating group) is 1. The molecule has 1 aliphatic rings. The van der Waals surface area contributed by atoms with E-state index in [-0.39, 0.29) is 0 Å². The van der Waals surface area contributed by atoms with Gasteiger partial charge in [0.1, 0.15) is 0 Å². The van der Waals surface area contributed by atoms with Gasteiger partial charge in [-0.25, -0.2) is 0 Å². The normalized spacial score (nSPS) is 16.7. The Bertz CT molecular complexity index is 349. The molecule has 76 valence electrons. The zero-order chi connectivity index (χ0) is 10.1. The van der Waals surface area contributed by atoms with Gasteiger partial charge in [0.2, 0.25) is 0 Å². The van der Waals surface area contributed by atoms with Crippen molar-refractivity contribution in [1.82, 2.24) is 4.90 Å². The molecule has 0 fully saturated rings. The van der Waals surface area contributed by atoms with Gasteiger partial charge in [-0.3, -0.25) is 4.90 Å². The number of halogens is 1. The van der Waals surface area contributed by atoms with E-state index in [0.29, 0.717) is 0 Å². The minimum atomic E-state index is 0.943. The van der Waals surface area contributed by atoms with Crippen LogP contribution < -0.4 is 5.73 Å². The summed E-state index contributed by atoms with van der Waals surface area (Å²) in [5.74, 6) is 0. The minimum absolute atomic E-state index is 0.943. The molecule has 0 bridgehead atoms. The quantitative estimate of drug-likeness (QED) is 0.781.